The molecule has 114 valence electrons. The van der Waals surface area contributed by atoms with Gasteiger partial charge in [0.1, 0.15) is 6.04 Å². The van der Waals surface area contributed by atoms with Crippen molar-refractivity contribution >= 4 is 35.1 Å². The molecule has 0 aliphatic carbocycles. The van der Waals surface area contributed by atoms with Gasteiger partial charge in [-0.3, -0.25) is 4.79 Å². The zero-order valence-electron chi connectivity index (χ0n) is 12.1. The number of hydrogen-bond donors (Lipinski definition) is 1. The van der Waals surface area contributed by atoms with Gasteiger partial charge in [0.2, 0.25) is 5.91 Å². The molecule has 5 nitrogen and oxygen atoms in total. The van der Waals surface area contributed by atoms with E-state index < -0.39 is 6.04 Å². The Hall–Kier alpha value is -1.46. The van der Waals surface area contributed by atoms with Crippen molar-refractivity contribution in [2.24, 2.45) is 0 Å². The third kappa shape index (κ3) is 3.24. The Morgan fingerprint density at radius 2 is 2.05 bits per heavy atom. The van der Waals surface area contributed by atoms with Crippen molar-refractivity contribution in [3.63, 3.8) is 0 Å². The van der Waals surface area contributed by atoms with E-state index in [4.69, 9.17) is 23.2 Å². The molecule has 1 N–H and O–H groups in total. The van der Waals surface area contributed by atoms with Crippen molar-refractivity contribution in [3.05, 3.63) is 33.3 Å². The molecule has 1 aromatic carbocycles. The highest BCUT2D eigenvalue weighted by molar-refractivity contribution is 6.35. The van der Waals surface area contributed by atoms with Crippen molar-refractivity contribution in [1.29, 1.82) is 0 Å². The van der Waals surface area contributed by atoms with Crippen molar-refractivity contribution in [2.75, 3.05) is 20.6 Å². The van der Waals surface area contributed by atoms with E-state index in [1.54, 1.807) is 26.2 Å². The molecule has 1 aromatic rings. The summed E-state index contributed by atoms with van der Waals surface area (Å²) in [6.45, 7) is 2.58. The minimum Gasteiger partial charge on any atom is -0.350 e. The fourth-order valence-electron chi connectivity index (χ4n) is 2.37. The number of benzene rings is 1. The molecule has 1 atom stereocenters. The van der Waals surface area contributed by atoms with Crippen LogP contribution in [-0.4, -0.2) is 48.4 Å². The zero-order valence-corrected chi connectivity index (χ0v) is 13.6. The van der Waals surface area contributed by atoms with Crippen LogP contribution in [0.25, 0.3) is 0 Å². The van der Waals surface area contributed by atoms with E-state index in [1.807, 2.05) is 6.92 Å². The molecule has 0 unspecified atom stereocenters. The van der Waals surface area contributed by atoms with Crippen LogP contribution in [0.1, 0.15) is 11.1 Å². The number of hydrogen-bond acceptors (Lipinski definition) is 2. The predicted molar refractivity (Wildman–Crippen MR) is 82.6 cm³/mol. The molecule has 0 radical (unpaired) electrons. The van der Waals surface area contributed by atoms with Gasteiger partial charge < -0.3 is 15.1 Å². The van der Waals surface area contributed by atoms with Crippen LogP contribution in [0.2, 0.25) is 10.0 Å². The number of nitrogens with zero attached hydrogens (tertiary/aromatic N) is 2. The number of urea groups is 1. The Balaban J connectivity index is 2.04. The number of halogens is 2. The summed E-state index contributed by atoms with van der Waals surface area (Å²) in [6, 6.07) is 2.81. The molecule has 0 spiro atoms. The van der Waals surface area contributed by atoms with Crippen molar-refractivity contribution in [3.8, 4) is 0 Å². The first-order chi connectivity index (χ1) is 9.81. The van der Waals surface area contributed by atoms with Crippen LogP contribution in [0.5, 0.6) is 0 Å². The minimum atomic E-state index is -0.478. The number of carbonyl (C=O) groups is 2. The summed E-state index contributed by atoms with van der Waals surface area (Å²) in [5, 5.41) is 3.91. The van der Waals surface area contributed by atoms with Gasteiger partial charge in [-0.05, 0) is 30.2 Å². The molecule has 3 amide bonds. The topological polar surface area (TPSA) is 52.7 Å². The van der Waals surface area contributed by atoms with Crippen LogP contribution in [0.4, 0.5) is 4.79 Å². The Bertz CT molecular complexity index is 569. The number of likely N-dealkylation sites (N-methyl/N-ethyl adjacent to an activating group) is 2. The number of carbonyl (C=O) groups excluding carboxylic acids is 2. The third-order valence-corrected chi connectivity index (χ3v) is 4.22. The summed E-state index contributed by atoms with van der Waals surface area (Å²) in [7, 11) is 3.29. The van der Waals surface area contributed by atoms with Gasteiger partial charge in [-0.25, -0.2) is 4.79 Å². The van der Waals surface area contributed by atoms with Crippen LogP contribution >= 0.6 is 23.2 Å². The molecular weight excluding hydrogens is 313 g/mol. The molecule has 1 aliphatic heterocycles. The van der Waals surface area contributed by atoms with Gasteiger partial charge in [0.25, 0.3) is 0 Å². The van der Waals surface area contributed by atoms with Crippen molar-refractivity contribution < 1.29 is 9.59 Å². The van der Waals surface area contributed by atoms with Gasteiger partial charge in [-0.15, -0.1) is 0 Å². The summed E-state index contributed by atoms with van der Waals surface area (Å²) in [5.74, 6) is -0.194. The monoisotopic (exact) mass is 329 g/mol. The lowest BCUT2D eigenvalue weighted by atomic mass is 10.1. The van der Waals surface area contributed by atoms with Crippen LogP contribution < -0.4 is 5.32 Å². The summed E-state index contributed by atoms with van der Waals surface area (Å²) in [4.78, 5) is 26.8. The largest absolute Gasteiger partial charge is 0.350 e. The highest BCUT2D eigenvalue weighted by Gasteiger charge is 2.36. The molecule has 0 aromatic heterocycles. The van der Waals surface area contributed by atoms with Gasteiger partial charge in [-0.1, -0.05) is 23.2 Å². The SMILES string of the molecule is Cc1cc(Cl)cc(Cl)c1CNC(=O)[C@@H]1CN(C)C(=O)N1C. The fourth-order valence-corrected chi connectivity index (χ4v) is 3.03. The Morgan fingerprint density at radius 3 is 2.57 bits per heavy atom. The molecule has 7 heteroatoms. The highest BCUT2D eigenvalue weighted by atomic mass is 35.5. The standard InChI is InChI=1S/C14H17Cl2N3O2/c1-8-4-9(15)5-11(16)10(8)6-17-13(20)12-7-18(2)14(21)19(12)3/h4-5,12H,6-7H2,1-3H3,(H,17,20)/t12-/m0/s1. The lowest BCUT2D eigenvalue weighted by Crippen LogP contribution is -2.43. The maximum absolute atomic E-state index is 12.2. The van der Waals surface area contributed by atoms with Crippen LogP contribution in [0.3, 0.4) is 0 Å². The first-order valence-electron chi connectivity index (χ1n) is 6.51. The van der Waals surface area contributed by atoms with Crippen LogP contribution in [0, 0.1) is 6.92 Å². The van der Waals surface area contributed by atoms with Gasteiger partial charge in [0.05, 0.1) is 6.54 Å². The van der Waals surface area contributed by atoms with E-state index in [0.717, 1.165) is 11.1 Å². The second-order valence-corrected chi connectivity index (χ2v) is 6.03. The highest BCUT2D eigenvalue weighted by Crippen LogP contribution is 2.25. The maximum atomic E-state index is 12.2. The smallest absolute Gasteiger partial charge is 0.320 e. The van der Waals surface area contributed by atoms with Gasteiger partial charge >= 0.3 is 6.03 Å². The Morgan fingerprint density at radius 1 is 1.38 bits per heavy atom. The molecule has 1 heterocycles. The quantitative estimate of drug-likeness (QED) is 0.924. The second kappa shape index (κ2) is 6.12. The lowest BCUT2D eigenvalue weighted by molar-refractivity contribution is -0.124. The van der Waals surface area contributed by atoms with Crippen molar-refractivity contribution in [2.45, 2.75) is 19.5 Å². The molecular formula is C14H17Cl2N3O2. The van der Waals surface area contributed by atoms with E-state index in [2.05, 4.69) is 5.32 Å². The third-order valence-electron chi connectivity index (χ3n) is 3.67. The number of nitrogens with one attached hydrogen (secondary N) is 1. The summed E-state index contributed by atoms with van der Waals surface area (Å²) in [5.41, 5.74) is 1.75. The molecule has 1 saturated heterocycles. The molecule has 21 heavy (non-hydrogen) atoms. The van der Waals surface area contributed by atoms with E-state index in [9.17, 15) is 9.59 Å². The normalized spacial score (nSPS) is 18.3. The fraction of sp³-hybridized carbons (Fsp3) is 0.429. The first kappa shape index (κ1) is 15.9. The number of amides is 3. The first-order valence-corrected chi connectivity index (χ1v) is 7.27. The number of aryl methyl sites for hydroxylation is 1. The van der Waals surface area contributed by atoms with Gasteiger partial charge in [0.15, 0.2) is 0 Å². The summed E-state index contributed by atoms with van der Waals surface area (Å²) >= 11 is 12.1. The van der Waals surface area contributed by atoms with Gasteiger partial charge in [0, 0.05) is 30.7 Å². The van der Waals surface area contributed by atoms with E-state index in [1.165, 1.54) is 9.80 Å². The zero-order chi connectivity index (χ0) is 15.7. The van der Waals surface area contributed by atoms with E-state index in [-0.39, 0.29) is 11.9 Å². The molecule has 0 bridgehead atoms. The molecule has 1 aliphatic rings. The van der Waals surface area contributed by atoms with E-state index >= 15 is 0 Å². The Labute approximate surface area is 133 Å². The van der Waals surface area contributed by atoms with E-state index in [0.29, 0.717) is 23.1 Å². The van der Waals surface area contributed by atoms with Crippen LogP contribution in [0.15, 0.2) is 12.1 Å². The average Bonchev–Trinajstić information content (AvgIpc) is 2.65. The van der Waals surface area contributed by atoms with Crippen molar-refractivity contribution in [1.82, 2.24) is 15.1 Å². The second-order valence-electron chi connectivity index (χ2n) is 5.19. The Kier molecular flexibility index (Phi) is 4.64. The number of rotatable bonds is 3. The van der Waals surface area contributed by atoms with Crippen LogP contribution in [-0.2, 0) is 11.3 Å². The average molecular weight is 330 g/mol. The minimum absolute atomic E-state index is 0.157. The predicted octanol–water partition coefficient (Wildman–Crippen LogP) is 2.28. The molecule has 2 rings (SSSR count). The summed E-state index contributed by atoms with van der Waals surface area (Å²) in [6.07, 6.45) is 0. The maximum Gasteiger partial charge on any atom is 0.320 e. The van der Waals surface area contributed by atoms with Gasteiger partial charge in [-0.2, -0.15) is 0 Å². The molecule has 1 fully saturated rings. The molecule has 0 saturated carbocycles. The summed E-state index contributed by atoms with van der Waals surface area (Å²) < 4.78 is 0. The lowest BCUT2D eigenvalue weighted by Gasteiger charge is -2.18.